The average molecular weight is 312 g/mol. The molecule has 1 aliphatic heterocycles. The second-order valence-electron chi connectivity index (χ2n) is 6.31. The van der Waals surface area contributed by atoms with E-state index in [0.29, 0.717) is 23.4 Å². The van der Waals surface area contributed by atoms with E-state index in [-0.39, 0.29) is 11.1 Å². The zero-order valence-electron chi connectivity index (χ0n) is 13.2. The molecule has 2 aromatic heterocycles. The van der Waals surface area contributed by atoms with Gasteiger partial charge < -0.3 is 14.5 Å². The highest BCUT2D eigenvalue weighted by atomic mass is 16.1. The number of pyridine rings is 2. The molecule has 3 rings (SSSR count). The molecule has 0 bridgehead atoms. The van der Waals surface area contributed by atoms with Crippen molar-refractivity contribution in [3.05, 3.63) is 44.6 Å². The number of likely N-dealkylation sites (tertiary alicyclic amines) is 1. The van der Waals surface area contributed by atoms with E-state index in [0.717, 1.165) is 19.6 Å². The minimum absolute atomic E-state index is 0.0304. The van der Waals surface area contributed by atoms with Gasteiger partial charge in [0.05, 0.1) is 10.9 Å². The van der Waals surface area contributed by atoms with E-state index in [1.807, 2.05) is 6.07 Å². The third-order valence-corrected chi connectivity index (χ3v) is 4.50. The summed E-state index contributed by atoms with van der Waals surface area (Å²) in [7, 11) is 0. The smallest absolute Gasteiger partial charge is 0.266 e. The lowest BCUT2D eigenvalue weighted by Gasteiger charge is -2.30. The molecule has 0 radical (unpaired) electrons. The number of nitrogens with one attached hydrogen (secondary N) is 1. The molecule has 23 heavy (non-hydrogen) atoms. The van der Waals surface area contributed by atoms with E-state index in [1.165, 1.54) is 18.9 Å². The summed E-state index contributed by atoms with van der Waals surface area (Å²) < 4.78 is 1.65. The molecule has 0 unspecified atom stereocenters. The van der Waals surface area contributed by atoms with Crippen molar-refractivity contribution >= 4 is 10.9 Å². The summed E-state index contributed by atoms with van der Waals surface area (Å²) in [5.41, 5.74) is -0.182. The number of rotatable bonds is 3. The van der Waals surface area contributed by atoms with E-state index < -0.39 is 5.56 Å². The molecule has 0 saturated carbocycles. The first kappa shape index (κ1) is 15.5. The molecular weight excluding hydrogens is 292 g/mol. The first-order chi connectivity index (χ1) is 11.1. The van der Waals surface area contributed by atoms with Crippen LogP contribution in [0.2, 0.25) is 0 Å². The Kier molecular flexibility index (Phi) is 4.30. The minimum Gasteiger partial charge on any atom is -0.321 e. The van der Waals surface area contributed by atoms with Crippen LogP contribution in [-0.4, -0.2) is 34.1 Å². The molecule has 6 heteroatoms. The number of piperidine rings is 1. The third kappa shape index (κ3) is 3.20. The average Bonchev–Trinajstić information content (AvgIpc) is 2.54. The van der Waals surface area contributed by atoms with Gasteiger partial charge in [0, 0.05) is 25.8 Å². The number of H-pyrrole nitrogens is 1. The van der Waals surface area contributed by atoms with Crippen LogP contribution in [0.3, 0.4) is 0 Å². The first-order valence-corrected chi connectivity index (χ1v) is 7.97. The Balaban J connectivity index is 1.86. The maximum absolute atomic E-state index is 12.6. The number of nitriles is 1. The van der Waals surface area contributed by atoms with Crippen molar-refractivity contribution < 1.29 is 0 Å². The fourth-order valence-corrected chi connectivity index (χ4v) is 3.24. The van der Waals surface area contributed by atoms with Crippen molar-refractivity contribution in [2.45, 2.75) is 26.3 Å². The molecular formula is C17H20N4O2. The Morgan fingerprint density at radius 3 is 2.96 bits per heavy atom. The van der Waals surface area contributed by atoms with Crippen LogP contribution in [0.4, 0.5) is 0 Å². The van der Waals surface area contributed by atoms with Crippen LogP contribution >= 0.6 is 0 Å². The number of aromatic amines is 1. The number of hydrogen-bond donors (Lipinski definition) is 1. The summed E-state index contributed by atoms with van der Waals surface area (Å²) in [6.45, 7) is 5.87. The molecule has 0 aromatic carbocycles. The molecule has 6 nitrogen and oxygen atoms in total. The minimum atomic E-state index is -0.459. The maximum Gasteiger partial charge on any atom is 0.266 e. The van der Waals surface area contributed by atoms with Gasteiger partial charge in [0.15, 0.2) is 0 Å². The number of fused-ring (bicyclic) bond motifs is 1. The summed E-state index contributed by atoms with van der Waals surface area (Å²) in [5, 5.41) is 9.34. The molecule has 1 atom stereocenters. The highest BCUT2D eigenvalue weighted by molar-refractivity contribution is 5.78. The van der Waals surface area contributed by atoms with Gasteiger partial charge in [-0.05, 0) is 37.4 Å². The molecule has 1 aliphatic rings. The summed E-state index contributed by atoms with van der Waals surface area (Å²) in [4.78, 5) is 29.2. The van der Waals surface area contributed by atoms with Gasteiger partial charge in [0.2, 0.25) is 0 Å². The van der Waals surface area contributed by atoms with E-state index >= 15 is 0 Å². The lowest BCUT2D eigenvalue weighted by molar-refractivity contribution is 0.177. The van der Waals surface area contributed by atoms with Gasteiger partial charge in [-0.15, -0.1) is 0 Å². The Morgan fingerprint density at radius 1 is 1.39 bits per heavy atom. The first-order valence-electron chi connectivity index (χ1n) is 7.97. The van der Waals surface area contributed by atoms with Gasteiger partial charge in [0.25, 0.3) is 11.1 Å². The number of hydrogen-bond acceptors (Lipinski definition) is 4. The molecule has 0 spiro atoms. The van der Waals surface area contributed by atoms with Crippen LogP contribution in [0.15, 0.2) is 27.9 Å². The second kappa shape index (κ2) is 6.39. The molecule has 2 aromatic rings. The SMILES string of the molecule is C[C@@H]1CCCN(CCn2ccc3[nH]c(=O)c(C#N)cc3c2=O)C1. The highest BCUT2D eigenvalue weighted by Crippen LogP contribution is 2.15. The van der Waals surface area contributed by atoms with Crippen LogP contribution in [0, 0.1) is 17.2 Å². The van der Waals surface area contributed by atoms with Crippen LogP contribution < -0.4 is 11.1 Å². The van der Waals surface area contributed by atoms with Gasteiger partial charge >= 0.3 is 0 Å². The normalized spacial score (nSPS) is 18.9. The molecule has 0 aliphatic carbocycles. The van der Waals surface area contributed by atoms with Gasteiger partial charge in [-0.25, -0.2) is 0 Å². The largest absolute Gasteiger partial charge is 0.321 e. The van der Waals surface area contributed by atoms with Crippen molar-refractivity contribution in [3.63, 3.8) is 0 Å². The summed E-state index contributed by atoms with van der Waals surface area (Å²) in [5.74, 6) is 0.709. The van der Waals surface area contributed by atoms with Crippen molar-refractivity contribution in [2.24, 2.45) is 5.92 Å². The van der Waals surface area contributed by atoms with Crippen LogP contribution in [-0.2, 0) is 6.54 Å². The van der Waals surface area contributed by atoms with E-state index in [4.69, 9.17) is 5.26 Å². The fourth-order valence-electron chi connectivity index (χ4n) is 3.24. The molecule has 120 valence electrons. The molecule has 1 N–H and O–H groups in total. The topological polar surface area (TPSA) is 81.9 Å². The van der Waals surface area contributed by atoms with E-state index in [2.05, 4.69) is 16.8 Å². The lowest BCUT2D eigenvalue weighted by Crippen LogP contribution is -2.37. The van der Waals surface area contributed by atoms with Crippen LogP contribution in [0.5, 0.6) is 0 Å². The van der Waals surface area contributed by atoms with Gasteiger partial charge in [-0.3, -0.25) is 9.59 Å². The zero-order valence-corrected chi connectivity index (χ0v) is 13.2. The molecule has 0 amide bonds. The molecule has 3 heterocycles. The lowest BCUT2D eigenvalue weighted by atomic mass is 10.0. The van der Waals surface area contributed by atoms with Crippen molar-refractivity contribution in [3.8, 4) is 6.07 Å². The monoisotopic (exact) mass is 312 g/mol. The van der Waals surface area contributed by atoms with Gasteiger partial charge in [-0.2, -0.15) is 5.26 Å². The Bertz CT molecular complexity index is 875. The Morgan fingerprint density at radius 2 is 2.22 bits per heavy atom. The standard InChI is InChI=1S/C17H20N4O2/c1-12-3-2-5-20(11-12)7-8-21-6-4-15-14(17(21)23)9-13(10-18)16(22)19-15/h4,6,9,12H,2-3,5,7-8,11H2,1H3,(H,19,22)/t12-/m1/s1. The van der Waals surface area contributed by atoms with Crippen LogP contribution in [0.25, 0.3) is 10.9 Å². The van der Waals surface area contributed by atoms with Crippen molar-refractivity contribution in [1.29, 1.82) is 5.26 Å². The Labute approximate surface area is 134 Å². The fraction of sp³-hybridized carbons (Fsp3) is 0.471. The van der Waals surface area contributed by atoms with Gasteiger partial charge in [0.1, 0.15) is 11.6 Å². The Hall–Kier alpha value is -2.39. The highest BCUT2D eigenvalue weighted by Gasteiger charge is 2.16. The quantitative estimate of drug-likeness (QED) is 0.926. The second-order valence-corrected chi connectivity index (χ2v) is 6.31. The third-order valence-electron chi connectivity index (χ3n) is 4.50. The van der Waals surface area contributed by atoms with Crippen molar-refractivity contribution in [2.75, 3.05) is 19.6 Å². The van der Waals surface area contributed by atoms with Crippen molar-refractivity contribution in [1.82, 2.24) is 14.5 Å². The van der Waals surface area contributed by atoms with Crippen LogP contribution in [0.1, 0.15) is 25.3 Å². The summed E-state index contributed by atoms with van der Waals surface area (Å²) in [6, 6.07) is 4.93. The molecule has 1 fully saturated rings. The summed E-state index contributed by atoms with van der Waals surface area (Å²) in [6.07, 6.45) is 4.19. The van der Waals surface area contributed by atoms with Gasteiger partial charge in [-0.1, -0.05) is 6.92 Å². The van der Waals surface area contributed by atoms with E-state index in [1.54, 1.807) is 16.8 Å². The zero-order chi connectivity index (χ0) is 16.4. The predicted octanol–water partition coefficient (Wildman–Crippen LogP) is 1.29. The number of nitrogens with zero attached hydrogens (tertiary/aromatic N) is 3. The molecule has 1 saturated heterocycles. The number of aromatic nitrogens is 2. The predicted molar refractivity (Wildman–Crippen MR) is 88.4 cm³/mol. The summed E-state index contributed by atoms with van der Waals surface area (Å²) >= 11 is 0. The van der Waals surface area contributed by atoms with E-state index in [9.17, 15) is 9.59 Å². The maximum atomic E-state index is 12.6.